The molecule has 30 heavy (non-hydrogen) atoms. The van der Waals surface area contributed by atoms with E-state index in [-0.39, 0.29) is 0 Å². The van der Waals surface area contributed by atoms with Crippen LogP contribution >= 0.6 is 11.8 Å². The van der Waals surface area contributed by atoms with Gasteiger partial charge in [0, 0.05) is 42.4 Å². The van der Waals surface area contributed by atoms with Crippen molar-refractivity contribution in [3.05, 3.63) is 72.3 Å². The van der Waals surface area contributed by atoms with E-state index in [9.17, 15) is 0 Å². The Morgan fingerprint density at radius 1 is 1.13 bits per heavy atom. The summed E-state index contributed by atoms with van der Waals surface area (Å²) in [7, 11) is 0. The number of guanidine groups is 1. The summed E-state index contributed by atoms with van der Waals surface area (Å²) < 4.78 is 2.09. The smallest absolute Gasteiger partial charge is 0.198 e. The van der Waals surface area contributed by atoms with Gasteiger partial charge in [-0.1, -0.05) is 43.3 Å². The summed E-state index contributed by atoms with van der Waals surface area (Å²) in [5, 5.41) is 11.8. The number of benzene rings is 2. The van der Waals surface area contributed by atoms with E-state index in [0.717, 1.165) is 50.0 Å². The first-order valence-corrected chi connectivity index (χ1v) is 11.5. The van der Waals surface area contributed by atoms with Crippen molar-refractivity contribution < 1.29 is 0 Å². The molecule has 1 aliphatic rings. The Balaban J connectivity index is 1.41. The van der Waals surface area contributed by atoms with E-state index >= 15 is 0 Å². The van der Waals surface area contributed by atoms with Gasteiger partial charge in [-0.15, -0.1) is 22.0 Å². The minimum Gasteiger partial charge on any atom is -0.355 e. The molecule has 1 N–H and O–H groups in total. The highest BCUT2D eigenvalue weighted by Gasteiger charge is 2.22. The second-order valence-electron chi connectivity index (χ2n) is 7.12. The van der Waals surface area contributed by atoms with Crippen molar-refractivity contribution in [2.75, 3.05) is 30.3 Å². The number of aromatic nitrogens is 3. The van der Waals surface area contributed by atoms with Gasteiger partial charge in [-0.3, -0.25) is 4.99 Å². The number of nitrogens with zero attached hydrogens (tertiary/aromatic N) is 5. The number of nitrogens with one attached hydrogen (secondary N) is 1. The molecule has 0 atom stereocenters. The topological polar surface area (TPSA) is 58.3 Å². The Kier molecular flexibility index (Phi) is 7.03. The number of hydrogen-bond acceptors (Lipinski definition) is 4. The Morgan fingerprint density at radius 2 is 1.97 bits per heavy atom. The van der Waals surface area contributed by atoms with Crippen molar-refractivity contribution in [3.63, 3.8) is 0 Å². The van der Waals surface area contributed by atoms with Crippen molar-refractivity contribution in [2.45, 2.75) is 31.2 Å². The molecule has 7 heteroatoms. The number of anilines is 1. The van der Waals surface area contributed by atoms with E-state index in [1.165, 1.54) is 16.1 Å². The maximum absolute atomic E-state index is 4.95. The van der Waals surface area contributed by atoms with Crippen LogP contribution in [0, 0.1) is 0 Å². The first-order chi connectivity index (χ1) is 14.8. The summed E-state index contributed by atoms with van der Waals surface area (Å²) in [5.74, 6) is 2.95. The van der Waals surface area contributed by atoms with Crippen LogP contribution in [0.25, 0.3) is 0 Å². The lowest BCUT2D eigenvalue weighted by molar-refractivity contribution is 0.664. The standard InChI is InChI=1S/C23H28N6S/c1-2-22-27-26-18-28(22)16-13-24-23(25-14-17-30-20-9-4-3-5-10-20)29-15-12-19-8-6-7-11-21(19)29/h3-11,18H,2,12-17H2,1H3,(H,24,25). The number of aryl methyl sites for hydroxylation is 1. The second kappa shape index (κ2) is 10.3. The van der Waals surface area contributed by atoms with Crippen molar-refractivity contribution >= 4 is 23.4 Å². The van der Waals surface area contributed by atoms with Crippen molar-refractivity contribution in [2.24, 2.45) is 4.99 Å². The first-order valence-electron chi connectivity index (χ1n) is 10.5. The predicted molar refractivity (Wildman–Crippen MR) is 124 cm³/mol. The molecule has 2 heterocycles. The number of aliphatic imine (C=N–C) groups is 1. The number of hydrogen-bond donors (Lipinski definition) is 1. The van der Waals surface area contributed by atoms with Gasteiger partial charge in [-0.2, -0.15) is 0 Å². The van der Waals surface area contributed by atoms with Crippen LogP contribution in [-0.2, 0) is 19.4 Å². The monoisotopic (exact) mass is 420 g/mol. The highest BCUT2D eigenvalue weighted by molar-refractivity contribution is 7.99. The van der Waals surface area contributed by atoms with Gasteiger partial charge < -0.3 is 14.8 Å². The third-order valence-electron chi connectivity index (χ3n) is 5.15. The summed E-state index contributed by atoms with van der Waals surface area (Å²) in [4.78, 5) is 8.56. The van der Waals surface area contributed by atoms with Crippen LogP contribution < -0.4 is 10.2 Å². The maximum Gasteiger partial charge on any atom is 0.198 e. The Hall–Kier alpha value is -2.80. The number of rotatable bonds is 8. The van der Waals surface area contributed by atoms with Crippen LogP contribution in [0.4, 0.5) is 5.69 Å². The van der Waals surface area contributed by atoms with E-state index in [1.807, 2.05) is 11.8 Å². The van der Waals surface area contributed by atoms with E-state index in [2.05, 4.69) is 86.5 Å². The van der Waals surface area contributed by atoms with Gasteiger partial charge in [0.25, 0.3) is 0 Å². The predicted octanol–water partition coefficient (Wildman–Crippen LogP) is 3.64. The molecule has 4 rings (SSSR count). The summed E-state index contributed by atoms with van der Waals surface area (Å²) in [6.45, 7) is 5.41. The fraction of sp³-hybridized carbons (Fsp3) is 0.348. The van der Waals surface area contributed by atoms with Crippen LogP contribution in [0.3, 0.4) is 0 Å². The Bertz CT molecular complexity index is 969. The fourth-order valence-corrected chi connectivity index (χ4v) is 4.44. The van der Waals surface area contributed by atoms with Crippen molar-refractivity contribution in [3.8, 4) is 0 Å². The van der Waals surface area contributed by atoms with Gasteiger partial charge in [0.05, 0.1) is 6.54 Å². The normalized spacial score (nSPS) is 13.5. The first kappa shape index (κ1) is 20.5. The van der Waals surface area contributed by atoms with E-state index in [4.69, 9.17) is 4.99 Å². The van der Waals surface area contributed by atoms with Crippen LogP contribution in [0.15, 0.2) is 70.8 Å². The Labute approximate surface area is 182 Å². The Morgan fingerprint density at radius 3 is 2.83 bits per heavy atom. The molecule has 1 aromatic heterocycles. The number of para-hydroxylation sites is 1. The van der Waals surface area contributed by atoms with Crippen LogP contribution in [0.1, 0.15) is 18.3 Å². The van der Waals surface area contributed by atoms with Crippen LogP contribution in [-0.4, -0.2) is 46.1 Å². The van der Waals surface area contributed by atoms with Gasteiger partial charge in [0.2, 0.25) is 0 Å². The van der Waals surface area contributed by atoms with Gasteiger partial charge >= 0.3 is 0 Å². The van der Waals surface area contributed by atoms with Crippen LogP contribution in [0.5, 0.6) is 0 Å². The zero-order valence-corrected chi connectivity index (χ0v) is 18.2. The molecule has 1 aliphatic heterocycles. The molecule has 0 saturated carbocycles. The molecule has 6 nitrogen and oxygen atoms in total. The third kappa shape index (κ3) is 5.02. The van der Waals surface area contributed by atoms with E-state index in [1.54, 1.807) is 6.33 Å². The molecule has 0 spiro atoms. The second-order valence-corrected chi connectivity index (χ2v) is 8.29. The van der Waals surface area contributed by atoms with Gasteiger partial charge in [0.15, 0.2) is 5.96 Å². The average molecular weight is 421 g/mol. The lowest BCUT2D eigenvalue weighted by Crippen LogP contribution is -2.41. The minimum absolute atomic E-state index is 0.692. The highest BCUT2D eigenvalue weighted by atomic mass is 32.2. The molecule has 0 aliphatic carbocycles. The minimum atomic E-state index is 0.692. The molecule has 0 fully saturated rings. The lowest BCUT2D eigenvalue weighted by Gasteiger charge is -2.23. The third-order valence-corrected chi connectivity index (χ3v) is 6.17. The molecular formula is C23H28N6S. The zero-order chi connectivity index (χ0) is 20.6. The maximum atomic E-state index is 4.95. The molecule has 0 bridgehead atoms. The van der Waals surface area contributed by atoms with Gasteiger partial charge in [0.1, 0.15) is 12.2 Å². The zero-order valence-electron chi connectivity index (χ0n) is 17.4. The molecule has 3 aromatic rings. The lowest BCUT2D eigenvalue weighted by atomic mass is 10.2. The van der Waals surface area contributed by atoms with Crippen molar-refractivity contribution in [1.82, 2.24) is 20.1 Å². The molecule has 0 radical (unpaired) electrons. The largest absolute Gasteiger partial charge is 0.355 e. The SMILES string of the molecule is CCc1nncn1CCN=C(NCCSc1ccccc1)N1CCc2ccccc21. The van der Waals surface area contributed by atoms with Crippen molar-refractivity contribution in [1.29, 1.82) is 0 Å². The summed E-state index contributed by atoms with van der Waals surface area (Å²) in [6, 6.07) is 19.1. The summed E-state index contributed by atoms with van der Waals surface area (Å²) in [6.07, 6.45) is 3.73. The molecule has 0 amide bonds. The quantitative estimate of drug-likeness (QED) is 0.261. The molecular weight excluding hydrogens is 392 g/mol. The molecule has 0 unspecified atom stereocenters. The molecule has 0 saturated heterocycles. The van der Waals surface area contributed by atoms with Gasteiger partial charge in [-0.25, -0.2) is 0 Å². The number of fused-ring (bicyclic) bond motifs is 1. The van der Waals surface area contributed by atoms with Gasteiger partial charge in [-0.05, 0) is 30.2 Å². The number of thioether (sulfide) groups is 1. The molecule has 2 aromatic carbocycles. The molecule has 156 valence electrons. The fourth-order valence-electron chi connectivity index (χ4n) is 3.65. The summed E-state index contributed by atoms with van der Waals surface area (Å²) in [5.41, 5.74) is 2.65. The average Bonchev–Trinajstić information content (AvgIpc) is 3.43. The highest BCUT2D eigenvalue weighted by Crippen LogP contribution is 2.27. The van der Waals surface area contributed by atoms with E-state index in [0.29, 0.717) is 6.54 Å². The van der Waals surface area contributed by atoms with E-state index < -0.39 is 0 Å². The van der Waals surface area contributed by atoms with Crippen LogP contribution in [0.2, 0.25) is 0 Å². The summed E-state index contributed by atoms with van der Waals surface area (Å²) >= 11 is 1.86.